The first-order chi connectivity index (χ1) is 9.45. The van der Waals surface area contributed by atoms with Crippen molar-refractivity contribution in [3.05, 3.63) is 11.3 Å². The summed E-state index contributed by atoms with van der Waals surface area (Å²) in [6, 6.07) is 0. The van der Waals surface area contributed by atoms with Crippen molar-refractivity contribution in [3.63, 3.8) is 0 Å². The van der Waals surface area contributed by atoms with Crippen LogP contribution in [0.5, 0.6) is 0 Å². The van der Waals surface area contributed by atoms with Crippen molar-refractivity contribution >= 4 is 29.6 Å². The fourth-order valence-corrected chi connectivity index (χ4v) is 3.53. The van der Waals surface area contributed by atoms with Crippen LogP contribution in [-0.2, 0) is 23.9 Å². The fourth-order valence-electron chi connectivity index (χ4n) is 2.10. The van der Waals surface area contributed by atoms with Crippen LogP contribution in [0.15, 0.2) is 11.3 Å². The summed E-state index contributed by atoms with van der Waals surface area (Å²) in [7, 11) is 0. The highest BCUT2D eigenvalue weighted by molar-refractivity contribution is 8.00. The molecule has 1 amide bonds. The van der Waals surface area contributed by atoms with E-state index in [0.29, 0.717) is 18.6 Å². The summed E-state index contributed by atoms with van der Waals surface area (Å²) in [5.74, 6) is -1.97. The number of carbonyl (C=O) groups excluding carboxylic acids is 2. The maximum atomic E-state index is 11.6. The molecule has 0 aromatic carbocycles. The van der Waals surface area contributed by atoms with Crippen LogP contribution in [0.25, 0.3) is 0 Å². The van der Waals surface area contributed by atoms with Gasteiger partial charge in [0.25, 0.3) is 0 Å². The molecule has 0 spiro atoms. The molecule has 1 N–H and O–H groups in total. The number of carboxylic acid groups (broad SMARTS) is 1. The average molecular weight is 301 g/mol. The quantitative estimate of drug-likeness (QED) is 0.585. The van der Waals surface area contributed by atoms with Crippen LogP contribution in [0.4, 0.5) is 0 Å². The van der Waals surface area contributed by atoms with Gasteiger partial charge in [0.1, 0.15) is 17.7 Å². The van der Waals surface area contributed by atoms with Gasteiger partial charge in [0.2, 0.25) is 5.91 Å². The third kappa shape index (κ3) is 2.66. The van der Waals surface area contributed by atoms with Gasteiger partial charge in [0, 0.05) is 19.1 Å². The lowest BCUT2D eigenvalue weighted by molar-refractivity contribution is -0.147. The highest BCUT2D eigenvalue weighted by atomic mass is 32.2. The highest BCUT2D eigenvalue weighted by Gasteiger charge is 2.49. The smallest absolute Gasteiger partial charge is 0.352 e. The molecule has 2 atom stereocenters. The minimum atomic E-state index is -1.21. The number of ether oxygens (including phenoxy) is 2. The monoisotopic (exact) mass is 301 g/mol. The van der Waals surface area contributed by atoms with E-state index < -0.39 is 17.4 Å². The van der Waals surface area contributed by atoms with Gasteiger partial charge < -0.3 is 14.6 Å². The third-order valence-corrected chi connectivity index (χ3v) is 4.33. The number of rotatable bonds is 5. The third-order valence-electron chi connectivity index (χ3n) is 2.97. The number of amides is 1. The molecule has 0 radical (unpaired) electrons. The van der Waals surface area contributed by atoms with E-state index in [0.717, 1.165) is 0 Å². The van der Waals surface area contributed by atoms with Gasteiger partial charge in [-0.15, -0.1) is 0 Å². The number of thioether (sulfide) groups is 1. The molecule has 0 saturated carbocycles. The molecule has 8 heteroatoms. The normalized spacial score (nSPS) is 25.1. The summed E-state index contributed by atoms with van der Waals surface area (Å²) in [6.07, 6.45) is 0.297. The number of fused-ring (bicyclic) bond motifs is 1. The highest BCUT2D eigenvalue weighted by Crippen LogP contribution is 2.44. The Hall–Kier alpha value is -1.54. The summed E-state index contributed by atoms with van der Waals surface area (Å²) < 4.78 is 10.4. The topological polar surface area (TPSA) is 93.1 Å². The van der Waals surface area contributed by atoms with E-state index in [1.165, 1.54) is 23.6 Å². The van der Waals surface area contributed by atoms with Crippen molar-refractivity contribution in [2.24, 2.45) is 0 Å². The summed E-state index contributed by atoms with van der Waals surface area (Å²) in [5, 5.41) is 9.13. The molecule has 0 bridgehead atoms. The van der Waals surface area contributed by atoms with Crippen LogP contribution in [0.1, 0.15) is 20.3 Å². The zero-order chi connectivity index (χ0) is 14.9. The number of β-lactam (4-membered cyclic amide) rings is 1. The Labute approximate surface area is 119 Å². The van der Waals surface area contributed by atoms with E-state index in [9.17, 15) is 19.5 Å². The number of carboxylic acids is 1. The number of esters is 1. The van der Waals surface area contributed by atoms with Crippen LogP contribution < -0.4 is 0 Å². The lowest BCUT2D eigenvalue weighted by Gasteiger charge is -2.46. The molecule has 1 saturated heterocycles. The first kappa shape index (κ1) is 14.9. The first-order valence-electron chi connectivity index (χ1n) is 6.14. The number of carbonyl (C=O) groups is 3. The largest absolute Gasteiger partial charge is 0.477 e. The molecule has 2 aliphatic rings. The van der Waals surface area contributed by atoms with Gasteiger partial charge >= 0.3 is 11.9 Å². The summed E-state index contributed by atoms with van der Waals surface area (Å²) in [4.78, 5) is 35.2. The zero-order valence-electron chi connectivity index (χ0n) is 11.1. The van der Waals surface area contributed by atoms with E-state index in [4.69, 9.17) is 9.47 Å². The van der Waals surface area contributed by atoms with Gasteiger partial charge in [0.05, 0.1) is 11.8 Å². The Morgan fingerprint density at radius 3 is 2.70 bits per heavy atom. The summed E-state index contributed by atoms with van der Waals surface area (Å²) in [6.45, 7) is 3.24. The molecule has 0 aliphatic carbocycles. The Balaban J connectivity index is 2.35. The van der Waals surface area contributed by atoms with Gasteiger partial charge in [-0.25, -0.2) is 4.79 Å². The number of hydrogen-bond acceptors (Lipinski definition) is 6. The van der Waals surface area contributed by atoms with E-state index in [1.807, 2.05) is 0 Å². The Morgan fingerprint density at radius 1 is 1.50 bits per heavy atom. The predicted octanol–water partition coefficient (Wildman–Crippen LogP) is 0.556. The summed E-state index contributed by atoms with van der Waals surface area (Å²) >= 11 is 1.36. The molecule has 110 valence electrons. The van der Waals surface area contributed by atoms with Crippen molar-refractivity contribution in [1.82, 2.24) is 4.90 Å². The molecular formula is C12H15NO6S. The molecule has 7 nitrogen and oxygen atoms in total. The SMILES string of the molecule is CCOC1S[C@@H]2CC(=O)N2C(C(=O)O)=C1COC(C)=O. The summed E-state index contributed by atoms with van der Waals surface area (Å²) in [5.41, 5.74) is -0.326. The number of hydrogen-bond donors (Lipinski definition) is 1. The van der Waals surface area contributed by atoms with Crippen molar-refractivity contribution in [2.45, 2.75) is 31.1 Å². The second kappa shape index (κ2) is 5.84. The van der Waals surface area contributed by atoms with Gasteiger partial charge in [-0.1, -0.05) is 11.8 Å². The second-order valence-corrected chi connectivity index (χ2v) is 5.55. The second-order valence-electron chi connectivity index (χ2n) is 4.31. The molecule has 0 aromatic heterocycles. The van der Waals surface area contributed by atoms with E-state index in [-0.39, 0.29) is 23.6 Å². The molecule has 2 rings (SSSR count). The van der Waals surface area contributed by atoms with Crippen LogP contribution in [0.3, 0.4) is 0 Å². The molecule has 2 aliphatic heterocycles. The first-order valence-corrected chi connectivity index (χ1v) is 7.08. The van der Waals surface area contributed by atoms with Crippen molar-refractivity contribution in [2.75, 3.05) is 13.2 Å². The fraction of sp³-hybridized carbons (Fsp3) is 0.583. The van der Waals surface area contributed by atoms with Crippen LogP contribution in [0, 0.1) is 0 Å². The molecule has 20 heavy (non-hydrogen) atoms. The molecular weight excluding hydrogens is 286 g/mol. The minimum absolute atomic E-state index is 0.121. The predicted molar refractivity (Wildman–Crippen MR) is 69.6 cm³/mol. The number of nitrogens with zero attached hydrogens (tertiary/aromatic N) is 1. The Morgan fingerprint density at radius 2 is 2.20 bits per heavy atom. The lowest BCUT2D eigenvalue weighted by Crippen LogP contribution is -2.55. The van der Waals surface area contributed by atoms with Crippen LogP contribution in [0.2, 0.25) is 0 Å². The number of aliphatic carboxylic acids is 1. The maximum absolute atomic E-state index is 11.6. The standard InChI is InChI=1S/C12H15NO6S/c1-3-18-12-7(5-19-6(2)14)10(11(16)17)13-8(15)4-9(13)20-12/h9,12H,3-5H2,1-2H3,(H,16,17)/t9-,12?/m1/s1. The Bertz CT molecular complexity index is 488. The zero-order valence-corrected chi connectivity index (χ0v) is 11.9. The van der Waals surface area contributed by atoms with Crippen LogP contribution in [-0.4, -0.2) is 51.9 Å². The molecule has 1 fully saturated rings. The maximum Gasteiger partial charge on any atom is 0.352 e. The van der Waals surface area contributed by atoms with Gasteiger partial charge in [-0.3, -0.25) is 14.5 Å². The minimum Gasteiger partial charge on any atom is -0.477 e. The van der Waals surface area contributed by atoms with E-state index in [1.54, 1.807) is 6.92 Å². The molecule has 2 heterocycles. The molecule has 1 unspecified atom stereocenters. The van der Waals surface area contributed by atoms with E-state index in [2.05, 4.69) is 0 Å². The van der Waals surface area contributed by atoms with Gasteiger partial charge in [-0.05, 0) is 6.92 Å². The van der Waals surface area contributed by atoms with Crippen molar-refractivity contribution in [1.29, 1.82) is 0 Å². The average Bonchev–Trinajstić information content (AvgIpc) is 2.35. The van der Waals surface area contributed by atoms with Gasteiger partial charge in [-0.2, -0.15) is 0 Å². The van der Waals surface area contributed by atoms with Crippen molar-refractivity contribution < 1.29 is 29.0 Å². The van der Waals surface area contributed by atoms with Crippen LogP contribution >= 0.6 is 11.8 Å². The van der Waals surface area contributed by atoms with Crippen molar-refractivity contribution in [3.8, 4) is 0 Å². The molecule has 0 aromatic rings. The Kier molecular flexibility index (Phi) is 4.34. The lowest BCUT2D eigenvalue weighted by atomic mass is 10.1. The van der Waals surface area contributed by atoms with E-state index >= 15 is 0 Å². The van der Waals surface area contributed by atoms with Gasteiger partial charge in [0.15, 0.2) is 0 Å².